The van der Waals surface area contributed by atoms with Crippen LogP contribution in [0.1, 0.15) is 16.7 Å². The fourth-order valence-corrected chi connectivity index (χ4v) is 1.29. The summed E-state index contributed by atoms with van der Waals surface area (Å²) in [5.41, 5.74) is -0.0633. The Kier molecular flexibility index (Phi) is 3.70. The van der Waals surface area contributed by atoms with Crippen molar-refractivity contribution in [3.63, 3.8) is 0 Å². The normalized spacial score (nSPS) is 10.7. The molecule has 0 spiro atoms. The molecule has 0 amide bonds. The van der Waals surface area contributed by atoms with E-state index >= 15 is 0 Å². The van der Waals surface area contributed by atoms with Crippen LogP contribution in [-0.4, -0.2) is 5.75 Å². The monoisotopic (exact) mass is 230 g/mol. The average molecular weight is 230 g/mol. The van der Waals surface area contributed by atoms with Crippen LogP contribution in [0.25, 0.3) is 0 Å². The van der Waals surface area contributed by atoms with E-state index in [1.165, 1.54) is 13.0 Å². The van der Waals surface area contributed by atoms with Crippen LogP contribution in [0.15, 0.2) is 18.2 Å². The first-order valence-electron chi connectivity index (χ1n) is 4.23. The van der Waals surface area contributed by atoms with Crippen LogP contribution in [0.4, 0.5) is 13.2 Å². The van der Waals surface area contributed by atoms with E-state index in [0.717, 1.165) is 6.07 Å². The largest absolute Gasteiger partial charge is 0.416 e. The van der Waals surface area contributed by atoms with E-state index in [-0.39, 0.29) is 5.56 Å². The molecule has 0 bridgehead atoms. The molecule has 1 rings (SSSR count). The van der Waals surface area contributed by atoms with Crippen molar-refractivity contribution >= 4 is 12.6 Å². The number of hydrogen-bond acceptors (Lipinski definition) is 1. The SMILES string of the molecule is Cc1c(C#CCS)cccc1C(F)(F)F. The molecule has 0 atom stereocenters. The zero-order chi connectivity index (χ0) is 11.5. The van der Waals surface area contributed by atoms with Crippen molar-refractivity contribution in [1.29, 1.82) is 0 Å². The summed E-state index contributed by atoms with van der Waals surface area (Å²) >= 11 is 3.87. The number of rotatable bonds is 0. The van der Waals surface area contributed by atoms with Crippen LogP contribution in [-0.2, 0) is 6.18 Å². The lowest BCUT2D eigenvalue weighted by Crippen LogP contribution is -2.08. The maximum atomic E-state index is 12.5. The Hall–Kier alpha value is -1.08. The van der Waals surface area contributed by atoms with Crippen LogP contribution in [0.5, 0.6) is 0 Å². The summed E-state index contributed by atoms with van der Waals surface area (Å²) in [6.07, 6.45) is -4.32. The van der Waals surface area contributed by atoms with Gasteiger partial charge in [-0.1, -0.05) is 17.9 Å². The molecule has 0 aliphatic rings. The molecule has 0 fully saturated rings. The van der Waals surface area contributed by atoms with Crippen molar-refractivity contribution in [2.75, 3.05) is 5.75 Å². The molecule has 4 heteroatoms. The van der Waals surface area contributed by atoms with Gasteiger partial charge in [-0.3, -0.25) is 0 Å². The molecule has 80 valence electrons. The molecule has 0 radical (unpaired) electrons. The predicted molar refractivity (Wildman–Crippen MR) is 56.9 cm³/mol. The van der Waals surface area contributed by atoms with Crippen molar-refractivity contribution in [3.05, 3.63) is 34.9 Å². The first kappa shape index (κ1) is 12.0. The molecule has 0 saturated heterocycles. The summed E-state index contributed by atoms with van der Waals surface area (Å²) in [7, 11) is 0. The summed E-state index contributed by atoms with van der Waals surface area (Å²) in [4.78, 5) is 0. The van der Waals surface area contributed by atoms with E-state index in [9.17, 15) is 13.2 Å². The Bertz CT molecular complexity index is 410. The number of benzene rings is 1. The Morgan fingerprint density at radius 3 is 2.53 bits per heavy atom. The lowest BCUT2D eigenvalue weighted by molar-refractivity contribution is -0.138. The first-order valence-corrected chi connectivity index (χ1v) is 4.86. The minimum absolute atomic E-state index is 0.166. The maximum absolute atomic E-state index is 12.5. The summed E-state index contributed by atoms with van der Waals surface area (Å²) in [5, 5.41) is 0. The van der Waals surface area contributed by atoms with Gasteiger partial charge in [-0.05, 0) is 24.6 Å². The van der Waals surface area contributed by atoms with E-state index in [1.807, 2.05) is 0 Å². The Morgan fingerprint density at radius 2 is 2.00 bits per heavy atom. The smallest absolute Gasteiger partial charge is 0.166 e. The second kappa shape index (κ2) is 4.63. The zero-order valence-electron chi connectivity index (χ0n) is 8.02. The minimum atomic E-state index is -4.32. The molecule has 0 saturated carbocycles. The zero-order valence-corrected chi connectivity index (χ0v) is 8.91. The van der Waals surface area contributed by atoms with Gasteiger partial charge in [0.1, 0.15) is 0 Å². The third-order valence-corrected chi connectivity index (χ3v) is 2.10. The van der Waals surface area contributed by atoms with Crippen molar-refractivity contribution < 1.29 is 13.2 Å². The molecule has 0 heterocycles. The van der Waals surface area contributed by atoms with Crippen LogP contribution < -0.4 is 0 Å². The number of hydrogen-bond donors (Lipinski definition) is 1. The van der Waals surface area contributed by atoms with E-state index in [4.69, 9.17) is 0 Å². The van der Waals surface area contributed by atoms with Gasteiger partial charge in [0.05, 0.1) is 11.3 Å². The molecule has 0 aliphatic carbocycles. The lowest BCUT2D eigenvalue weighted by Gasteiger charge is -2.10. The molecule has 1 aromatic carbocycles. The van der Waals surface area contributed by atoms with Gasteiger partial charge >= 0.3 is 6.18 Å². The Morgan fingerprint density at radius 1 is 1.33 bits per heavy atom. The molecule has 0 unspecified atom stereocenters. The molecule has 0 aromatic heterocycles. The Labute approximate surface area is 91.9 Å². The van der Waals surface area contributed by atoms with Crippen molar-refractivity contribution in [2.24, 2.45) is 0 Å². The van der Waals surface area contributed by atoms with Gasteiger partial charge < -0.3 is 0 Å². The molecule has 0 nitrogen and oxygen atoms in total. The number of thiol groups is 1. The molecule has 0 N–H and O–H groups in total. The second-order valence-corrected chi connectivity index (χ2v) is 3.25. The topological polar surface area (TPSA) is 0 Å². The quantitative estimate of drug-likeness (QED) is 0.513. The molecule has 15 heavy (non-hydrogen) atoms. The van der Waals surface area contributed by atoms with Crippen LogP contribution in [0.3, 0.4) is 0 Å². The highest BCUT2D eigenvalue weighted by Crippen LogP contribution is 2.32. The van der Waals surface area contributed by atoms with Crippen molar-refractivity contribution in [2.45, 2.75) is 13.1 Å². The van der Waals surface area contributed by atoms with Gasteiger partial charge in [0.25, 0.3) is 0 Å². The predicted octanol–water partition coefficient (Wildman–Crippen LogP) is 3.30. The average Bonchev–Trinajstić information content (AvgIpc) is 2.14. The van der Waals surface area contributed by atoms with Gasteiger partial charge in [-0.15, -0.1) is 0 Å². The molecular weight excluding hydrogens is 221 g/mol. The fraction of sp³-hybridized carbons (Fsp3) is 0.273. The van der Waals surface area contributed by atoms with Crippen LogP contribution in [0, 0.1) is 18.8 Å². The maximum Gasteiger partial charge on any atom is 0.416 e. The first-order chi connectivity index (χ1) is 6.96. The van der Waals surface area contributed by atoms with E-state index in [1.54, 1.807) is 6.07 Å². The highest BCUT2D eigenvalue weighted by Gasteiger charge is 2.32. The standard InChI is InChI=1S/C11H9F3S/c1-8-9(5-3-7-15)4-2-6-10(8)11(12,13)14/h2,4,6,15H,7H2,1H3. The number of alkyl halides is 3. The van der Waals surface area contributed by atoms with E-state index < -0.39 is 11.7 Å². The third kappa shape index (κ3) is 2.93. The second-order valence-electron chi connectivity index (χ2n) is 2.94. The van der Waals surface area contributed by atoms with Gasteiger partial charge in [0, 0.05) is 5.56 Å². The van der Waals surface area contributed by atoms with Crippen LogP contribution >= 0.6 is 12.6 Å². The molecule has 1 aromatic rings. The van der Waals surface area contributed by atoms with Gasteiger partial charge in [0.2, 0.25) is 0 Å². The summed E-state index contributed by atoms with van der Waals surface area (Å²) < 4.78 is 37.5. The van der Waals surface area contributed by atoms with Crippen LogP contribution in [0.2, 0.25) is 0 Å². The lowest BCUT2D eigenvalue weighted by atomic mass is 10.0. The fourth-order valence-electron chi connectivity index (χ4n) is 1.21. The molecule has 0 aliphatic heterocycles. The van der Waals surface area contributed by atoms with Gasteiger partial charge in [-0.25, -0.2) is 0 Å². The summed E-state index contributed by atoms with van der Waals surface area (Å²) in [6, 6.07) is 3.99. The number of halogens is 3. The van der Waals surface area contributed by atoms with Crippen molar-refractivity contribution in [1.82, 2.24) is 0 Å². The van der Waals surface area contributed by atoms with E-state index in [0.29, 0.717) is 11.3 Å². The molecular formula is C11H9F3S. The van der Waals surface area contributed by atoms with Crippen molar-refractivity contribution in [3.8, 4) is 11.8 Å². The van der Waals surface area contributed by atoms with Gasteiger partial charge in [0.15, 0.2) is 0 Å². The highest BCUT2D eigenvalue weighted by atomic mass is 32.1. The summed E-state index contributed by atoms with van der Waals surface area (Å²) in [6.45, 7) is 1.42. The third-order valence-electron chi connectivity index (χ3n) is 1.94. The summed E-state index contributed by atoms with van der Waals surface area (Å²) in [5.74, 6) is 5.61. The van der Waals surface area contributed by atoms with Gasteiger partial charge in [-0.2, -0.15) is 25.8 Å². The van der Waals surface area contributed by atoms with E-state index in [2.05, 4.69) is 24.5 Å². The Balaban J connectivity index is 3.23. The minimum Gasteiger partial charge on any atom is -0.166 e. The highest BCUT2D eigenvalue weighted by molar-refractivity contribution is 7.80.